The lowest BCUT2D eigenvalue weighted by molar-refractivity contribution is -0.118. The van der Waals surface area contributed by atoms with E-state index in [0.717, 1.165) is 0 Å². The first-order valence-corrected chi connectivity index (χ1v) is 7.51. The molecule has 0 unspecified atom stereocenters. The molecule has 116 valence electrons. The van der Waals surface area contributed by atoms with Crippen molar-refractivity contribution in [2.24, 2.45) is 0 Å². The minimum absolute atomic E-state index is 0.0403. The molecule has 2 rings (SSSR count). The molecule has 0 spiro atoms. The van der Waals surface area contributed by atoms with Gasteiger partial charge in [-0.3, -0.25) is 4.79 Å². The van der Waals surface area contributed by atoms with Crippen LogP contribution in [0.3, 0.4) is 0 Å². The molecule has 3 nitrogen and oxygen atoms in total. The van der Waals surface area contributed by atoms with Gasteiger partial charge < -0.3 is 10.1 Å². The standard InChI is InChI=1S/C18H20ClNO2/c1-18(2,3)13-7-9-16(10-8-13)22-12-17(21)20-15-6-4-5-14(19)11-15/h4-11H,12H2,1-3H3,(H,20,21). The zero-order valence-corrected chi connectivity index (χ0v) is 13.8. The highest BCUT2D eigenvalue weighted by molar-refractivity contribution is 6.30. The van der Waals surface area contributed by atoms with Gasteiger partial charge in [-0.2, -0.15) is 0 Å². The van der Waals surface area contributed by atoms with Crippen LogP contribution in [0.4, 0.5) is 5.69 Å². The fraction of sp³-hybridized carbons (Fsp3) is 0.278. The summed E-state index contributed by atoms with van der Waals surface area (Å²) < 4.78 is 5.49. The molecule has 2 aromatic carbocycles. The minimum atomic E-state index is -0.220. The molecule has 0 bridgehead atoms. The van der Waals surface area contributed by atoms with Gasteiger partial charge in [0.15, 0.2) is 6.61 Å². The first kappa shape index (κ1) is 16.4. The molecule has 0 fully saturated rings. The van der Waals surface area contributed by atoms with E-state index in [1.807, 2.05) is 24.3 Å². The van der Waals surface area contributed by atoms with E-state index in [0.29, 0.717) is 16.5 Å². The zero-order chi connectivity index (χ0) is 16.2. The summed E-state index contributed by atoms with van der Waals surface area (Å²) in [7, 11) is 0. The summed E-state index contributed by atoms with van der Waals surface area (Å²) in [6, 6.07) is 14.8. The molecule has 1 N–H and O–H groups in total. The number of halogens is 1. The van der Waals surface area contributed by atoms with Gasteiger partial charge in [0, 0.05) is 10.7 Å². The fourth-order valence-electron chi connectivity index (χ4n) is 1.96. The van der Waals surface area contributed by atoms with E-state index in [1.54, 1.807) is 24.3 Å². The molecule has 0 aliphatic heterocycles. The average molecular weight is 318 g/mol. The maximum Gasteiger partial charge on any atom is 0.262 e. The van der Waals surface area contributed by atoms with Crippen LogP contribution in [0.25, 0.3) is 0 Å². The lowest BCUT2D eigenvalue weighted by Crippen LogP contribution is -2.20. The molecule has 0 heterocycles. The van der Waals surface area contributed by atoms with Crippen molar-refractivity contribution in [3.63, 3.8) is 0 Å². The van der Waals surface area contributed by atoms with Crippen molar-refractivity contribution in [3.8, 4) is 5.75 Å². The lowest BCUT2D eigenvalue weighted by Gasteiger charge is -2.19. The predicted molar refractivity (Wildman–Crippen MR) is 90.7 cm³/mol. The van der Waals surface area contributed by atoms with Crippen molar-refractivity contribution >= 4 is 23.2 Å². The van der Waals surface area contributed by atoms with Crippen molar-refractivity contribution in [2.75, 3.05) is 11.9 Å². The number of hydrogen-bond acceptors (Lipinski definition) is 2. The first-order valence-electron chi connectivity index (χ1n) is 7.13. The van der Waals surface area contributed by atoms with Gasteiger partial charge in [0.2, 0.25) is 0 Å². The maximum absolute atomic E-state index is 11.8. The molecule has 1 amide bonds. The topological polar surface area (TPSA) is 38.3 Å². The van der Waals surface area contributed by atoms with E-state index < -0.39 is 0 Å². The number of carbonyl (C=O) groups excluding carboxylic acids is 1. The molecule has 0 aromatic heterocycles. The highest BCUT2D eigenvalue weighted by atomic mass is 35.5. The van der Waals surface area contributed by atoms with Crippen LogP contribution in [-0.2, 0) is 10.2 Å². The molecule has 2 aromatic rings. The van der Waals surface area contributed by atoms with Crippen molar-refractivity contribution in [2.45, 2.75) is 26.2 Å². The van der Waals surface area contributed by atoms with E-state index >= 15 is 0 Å². The van der Waals surface area contributed by atoms with Gasteiger partial charge in [0.1, 0.15) is 5.75 Å². The quantitative estimate of drug-likeness (QED) is 0.891. The van der Waals surface area contributed by atoms with Crippen LogP contribution in [0.15, 0.2) is 48.5 Å². The zero-order valence-electron chi connectivity index (χ0n) is 13.0. The van der Waals surface area contributed by atoms with E-state index in [9.17, 15) is 4.79 Å². The van der Waals surface area contributed by atoms with Gasteiger partial charge in [-0.25, -0.2) is 0 Å². The Kier molecular flexibility index (Phi) is 5.09. The van der Waals surface area contributed by atoms with Gasteiger partial charge >= 0.3 is 0 Å². The number of benzene rings is 2. The van der Waals surface area contributed by atoms with Gasteiger partial charge in [0.05, 0.1) is 0 Å². The van der Waals surface area contributed by atoms with Crippen LogP contribution in [-0.4, -0.2) is 12.5 Å². The molecule has 0 atom stereocenters. The molecular weight excluding hydrogens is 298 g/mol. The van der Waals surface area contributed by atoms with Crippen LogP contribution in [0.1, 0.15) is 26.3 Å². The molecule has 0 saturated carbocycles. The third-order valence-corrected chi connectivity index (χ3v) is 3.43. The number of anilines is 1. The Bertz CT molecular complexity index is 645. The van der Waals surface area contributed by atoms with E-state index in [4.69, 9.17) is 16.3 Å². The van der Waals surface area contributed by atoms with Crippen LogP contribution in [0, 0.1) is 0 Å². The van der Waals surface area contributed by atoms with Crippen LogP contribution < -0.4 is 10.1 Å². The molecule has 4 heteroatoms. The predicted octanol–water partition coefficient (Wildman–Crippen LogP) is 4.66. The molecule has 0 radical (unpaired) electrons. The van der Waals surface area contributed by atoms with Crippen molar-refractivity contribution in [1.29, 1.82) is 0 Å². The number of nitrogens with one attached hydrogen (secondary N) is 1. The normalized spacial score (nSPS) is 11.1. The minimum Gasteiger partial charge on any atom is -0.484 e. The molecular formula is C18H20ClNO2. The average Bonchev–Trinajstić information content (AvgIpc) is 2.45. The smallest absolute Gasteiger partial charge is 0.262 e. The van der Waals surface area contributed by atoms with Gasteiger partial charge in [-0.05, 0) is 41.3 Å². The van der Waals surface area contributed by atoms with Crippen LogP contribution in [0.5, 0.6) is 5.75 Å². The largest absolute Gasteiger partial charge is 0.484 e. The second kappa shape index (κ2) is 6.84. The highest BCUT2D eigenvalue weighted by Gasteiger charge is 2.13. The monoisotopic (exact) mass is 317 g/mol. The first-order chi connectivity index (χ1) is 10.3. The Morgan fingerprint density at radius 1 is 1.14 bits per heavy atom. The second-order valence-corrected chi connectivity index (χ2v) is 6.56. The number of ether oxygens (including phenoxy) is 1. The molecule has 0 saturated heterocycles. The third-order valence-electron chi connectivity index (χ3n) is 3.20. The highest BCUT2D eigenvalue weighted by Crippen LogP contribution is 2.24. The fourth-order valence-corrected chi connectivity index (χ4v) is 2.15. The Morgan fingerprint density at radius 2 is 1.82 bits per heavy atom. The van der Waals surface area contributed by atoms with E-state index in [1.165, 1.54) is 5.56 Å². The lowest BCUT2D eigenvalue weighted by atomic mass is 9.87. The molecule has 0 aliphatic rings. The summed E-state index contributed by atoms with van der Waals surface area (Å²) in [6.45, 7) is 6.42. The van der Waals surface area contributed by atoms with Gasteiger partial charge in [-0.15, -0.1) is 0 Å². The van der Waals surface area contributed by atoms with Crippen LogP contribution >= 0.6 is 11.6 Å². The van der Waals surface area contributed by atoms with Crippen LogP contribution in [0.2, 0.25) is 5.02 Å². The number of hydrogen-bond donors (Lipinski definition) is 1. The van der Waals surface area contributed by atoms with E-state index in [2.05, 4.69) is 26.1 Å². The second-order valence-electron chi connectivity index (χ2n) is 6.12. The Morgan fingerprint density at radius 3 is 2.41 bits per heavy atom. The summed E-state index contributed by atoms with van der Waals surface area (Å²) in [5.74, 6) is 0.455. The SMILES string of the molecule is CC(C)(C)c1ccc(OCC(=O)Nc2cccc(Cl)c2)cc1. The summed E-state index contributed by atoms with van der Waals surface area (Å²) in [5, 5.41) is 3.32. The Labute approximate surface area is 136 Å². The number of rotatable bonds is 4. The summed E-state index contributed by atoms with van der Waals surface area (Å²) >= 11 is 5.87. The maximum atomic E-state index is 11.8. The summed E-state index contributed by atoms with van der Waals surface area (Å²) in [4.78, 5) is 11.8. The molecule has 0 aliphatic carbocycles. The third kappa shape index (κ3) is 4.78. The molecule has 22 heavy (non-hydrogen) atoms. The number of amides is 1. The Balaban J connectivity index is 1.88. The van der Waals surface area contributed by atoms with E-state index in [-0.39, 0.29) is 17.9 Å². The van der Waals surface area contributed by atoms with Crippen molar-refractivity contribution in [3.05, 3.63) is 59.1 Å². The van der Waals surface area contributed by atoms with Gasteiger partial charge in [0.25, 0.3) is 5.91 Å². The Hall–Kier alpha value is -2.00. The van der Waals surface area contributed by atoms with Crippen molar-refractivity contribution < 1.29 is 9.53 Å². The number of carbonyl (C=O) groups is 1. The summed E-state index contributed by atoms with van der Waals surface area (Å²) in [5.41, 5.74) is 1.98. The van der Waals surface area contributed by atoms with Gasteiger partial charge in [-0.1, -0.05) is 50.6 Å². The van der Waals surface area contributed by atoms with Crippen molar-refractivity contribution in [1.82, 2.24) is 0 Å². The summed E-state index contributed by atoms with van der Waals surface area (Å²) in [6.07, 6.45) is 0.